The van der Waals surface area contributed by atoms with Gasteiger partial charge in [0.2, 0.25) is 5.91 Å². The summed E-state index contributed by atoms with van der Waals surface area (Å²) in [7, 11) is 1.69. The highest BCUT2D eigenvalue weighted by Gasteiger charge is 2.29. The van der Waals surface area contributed by atoms with Crippen LogP contribution < -0.4 is 10.6 Å². The van der Waals surface area contributed by atoms with Crippen LogP contribution in [-0.4, -0.2) is 51.5 Å². The number of carbonyl (C=O) groups excluding carboxylic acids is 1. The standard InChI is InChI=1S/C12H22N2O3/c1-16-10-6-11(13-8-10)12(15)14-7-9-2-4-17-5-3-9/h9-11,13H,2-8H2,1H3,(H,14,15). The molecule has 2 N–H and O–H groups in total. The highest BCUT2D eigenvalue weighted by Crippen LogP contribution is 2.14. The molecule has 0 spiro atoms. The van der Waals surface area contributed by atoms with Gasteiger partial charge in [-0.1, -0.05) is 0 Å². The Hall–Kier alpha value is -0.650. The predicted octanol–water partition coefficient (Wildman–Crippen LogP) is -0.0939. The third-order valence-corrected chi connectivity index (χ3v) is 3.65. The third kappa shape index (κ3) is 3.66. The van der Waals surface area contributed by atoms with Crippen LogP contribution >= 0.6 is 0 Å². The Balaban J connectivity index is 1.66. The molecule has 98 valence electrons. The lowest BCUT2D eigenvalue weighted by Gasteiger charge is -2.23. The lowest BCUT2D eigenvalue weighted by molar-refractivity contribution is -0.123. The molecule has 5 nitrogen and oxygen atoms in total. The number of amides is 1. The maximum Gasteiger partial charge on any atom is 0.237 e. The lowest BCUT2D eigenvalue weighted by Crippen LogP contribution is -2.42. The minimum Gasteiger partial charge on any atom is -0.381 e. The summed E-state index contributed by atoms with van der Waals surface area (Å²) in [6, 6.07) is -0.0835. The number of carbonyl (C=O) groups is 1. The molecule has 2 aliphatic heterocycles. The van der Waals surface area contributed by atoms with Gasteiger partial charge in [0.15, 0.2) is 0 Å². The number of hydrogen-bond donors (Lipinski definition) is 2. The Labute approximate surface area is 102 Å². The van der Waals surface area contributed by atoms with Crippen LogP contribution in [0.3, 0.4) is 0 Å². The van der Waals surface area contributed by atoms with E-state index < -0.39 is 0 Å². The largest absolute Gasteiger partial charge is 0.381 e. The Bertz CT molecular complexity index is 254. The van der Waals surface area contributed by atoms with Crippen molar-refractivity contribution >= 4 is 5.91 Å². The summed E-state index contributed by atoms with van der Waals surface area (Å²) in [6.07, 6.45) is 3.06. The summed E-state index contributed by atoms with van der Waals surface area (Å²) >= 11 is 0. The van der Waals surface area contributed by atoms with Crippen molar-refractivity contribution in [1.82, 2.24) is 10.6 Å². The van der Waals surface area contributed by atoms with Gasteiger partial charge in [0, 0.05) is 33.4 Å². The lowest BCUT2D eigenvalue weighted by atomic mass is 10.0. The maximum atomic E-state index is 11.9. The molecule has 0 radical (unpaired) electrons. The van der Waals surface area contributed by atoms with Gasteiger partial charge in [-0.25, -0.2) is 0 Å². The molecule has 2 aliphatic rings. The van der Waals surface area contributed by atoms with Crippen molar-refractivity contribution in [2.45, 2.75) is 31.4 Å². The molecule has 2 heterocycles. The van der Waals surface area contributed by atoms with E-state index in [1.807, 2.05) is 0 Å². The molecule has 0 aromatic rings. The van der Waals surface area contributed by atoms with Gasteiger partial charge < -0.3 is 20.1 Å². The Morgan fingerprint density at radius 1 is 1.47 bits per heavy atom. The van der Waals surface area contributed by atoms with E-state index in [1.54, 1.807) is 7.11 Å². The zero-order valence-electron chi connectivity index (χ0n) is 10.4. The summed E-state index contributed by atoms with van der Waals surface area (Å²) in [5.41, 5.74) is 0. The Morgan fingerprint density at radius 2 is 2.24 bits per heavy atom. The molecular formula is C12H22N2O3. The van der Waals surface area contributed by atoms with E-state index in [2.05, 4.69) is 10.6 Å². The summed E-state index contributed by atoms with van der Waals surface area (Å²) in [5.74, 6) is 0.684. The Kier molecular flexibility index (Phi) is 4.76. The van der Waals surface area contributed by atoms with Gasteiger partial charge in [0.1, 0.15) is 0 Å². The SMILES string of the molecule is COC1CNC(C(=O)NCC2CCOCC2)C1. The Morgan fingerprint density at radius 3 is 2.88 bits per heavy atom. The molecule has 1 amide bonds. The van der Waals surface area contributed by atoms with Crippen LogP contribution in [0.15, 0.2) is 0 Å². The fourth-order valence-electron chi connectivity index (χ4n) is 2.40. The van der Waals surface area contributed by atoms with Gasteiger partial charge >= 0.3 is 0 Å². The average molecular weight is 242 g/mol. The second kappa shape index (κ2) is 6.33. The van der Waals surface area contributed by atoms with E-state index in [1.165, 1.54) is 0 Å². The predicted molar refractivity (Wildman–Crippen MR) is 63.8 cm³/mol. The summed E-state index contributed by atoms with van der Waals surface area (Å²) in [4.78, 5) is 11.9. The zero-order valence-corrected chi connectivity index (χ0v) is 10.4. The van der Waals surface area contributed by atoms with Crippen LogP contribution in [0, 0.1) is 5.92 Å². The van der Waals surface area contributed by atoms with E-state index in [0.29, 0.717) is 5.92 Å². The maximum absolute atomic E-state index is 11.9. The van der Waals surface area contributed by atoms with Gasteiger partial charge in [-0.3, -0.25) is 4.79 Å². The number of ether oxygens (including phenoxy) is 2. The van der Waals surface area contributed by atoms with Crippen LogP contribution in [0.5, 0.6) is 0 Å². The average Bonchev–Trinajstić information content (AvgIpc) is 2.86. The third-order valence-electron chi connectivity index (χ3n) is 3.65. The van der Waals surface area contributed by atoms with E-state index in [4.69, 9.17) is 9.47 Å². The second-order valence-corrected chi connectivity index (χ2v) is 4.86. The first-order valence-electron chi connectivity index (χ1n) is 6.41. The molecule has 0 aromatic heterocycles. The molecule has 0 saturated carbocycles. The van der Waals surface area contributed by atoms with Crippen molar-refractivity contribution in [3.8, 4) is 0 Å². The molecule has 2 saturated heterocycles. The highest BCUT2D eigenvalue weighted by atomic mass is 16.5. The zero-order chi connectivity index (χ0) is 12.1. The minimum atomic E-state index is -0.0835. The summed E-state index contributed by atoms with van der Waals surface area (Å²) in [6.45, 7) is 3.20. The first kappa shape index (κ1) is 12.8. The molecular weight excluding hydrogens is 220 g/mol. The molecule has 17 heavy (non-hydrogen) atoms. The van der Waals surface area contributed by atoms with Crippen molar-refractivity contribution in [2.75, 3.05) is 33.4 Å². The van der Waals surface area contributed by atoms with E-state index >= 15 is 0 Å². The van der Waals surface area contributed by atoms with Crippen molar-refractivity contribution in [3.63, 3.8) is 0 Å². The molecule has 0 bridgehead atoms. The second-order valence-electron chi connectivity index (χ2n) is 4.86. The number of hydrogen-bond acceptors (Lipinski definition) is 4. The number of nitrogens with one attached hydrogen (secondary N) is 2. The summed E-state index contributed by atoms with van der Waals surface area (Å²) in [5, 5.41) is 6.21. The normalized spacial score (nSPS) is 30.4. The van der Waals surface area contributed by atoms with Crippen LogP contribution in [0.25, 0.3) is 0 Å². The smallest absolute Gasteiger partial charge is 0.237 e. The number of methoxy groups -OCH3 is 1. The molecule has 2 unspecified atom stereocenters. The molecule has 2 atom stereocenters. The van der Waals surface area contributed by atoms with Gasteiger partial charge in [0.05, 0.1) is 12.1 Å². The van der Waals surface area contributed by atoms with Gasteiger partial charge in [-0.2, -0.15) is 0 Å². The van der Waals surface area contributed by atoms with Gasteiger partial charge in [-0.05, 0) is 25.2 Å². The van der Waals surface area contributed by atoms with Crippen molar-refractivity contribution in [3.05, 3.63) is 0 Å². The molecule has 0 aliphatic carbocycles. The molecule has 2 rings (SSSR count). The van der Waals surface area contributed by atoms with Gasteiger partial charge in [0.25, 0.3) is 0 Å². The van der Waals surface area contributed by atoms with E-state index in [0.717, 1.165) is 45.6 Å². The van der Waals surface area contributed by atoms with Crippen molar-refractivity contribution in [2.24, 2.45) is 5.92 Å². The fourth-order valence-corrected chi connectivity index (χ4v) is 2.40. The van der Waals surface area contributed by atoms with Crippen LogP contribution in [0.1, 0.15) is 19.3 Å². The quantitative estimate of drug-likeness (QED) is 0.723. The highest BCUT2D eigenvalue weighted by molar-refractivity contribution is 5.82. The van der Waals surface area contributed by atoms with Crippen molar-refractivity contribution < 1.29 is 14.3 Å². The molecule has 5 heteroatoms. The summed E-state index contributed by atoms with van der Waals surface area (Å²) < 4.78 is 10.5. The first-order chi connectivity index (χ1) is 8.29. The molecule has 0 aromatic carbocycles. The minimum absolute atomic E-state index is 0.0835. The molecule has 2 fully saturated rings. The number of rotatable bonds is 4. The fraction of sp³-hybridized carbons (Fsp3) is 0.917. The topological polar surface area (TPSA) is 59.6 Å². The van der Waals surface area contributed by atoms with Crippen LogP contribution in [-0.2, 0) is 14.3 Å². The van der Waals surface area contributed by atoms with E-state index in [-0.39, 0.29) is 18.1 Å². The van der Waals surface area contributed by atoms with Gasteiger partial charge in [-0.15, -0.1) is 0 Å². The first-order valence-corrected chi connectivity index (χ1v) is 6.41. The van der Waals surface area contributed by atoms with Crippen molar-refractivity contribution in [1.29, 1.82) is 0 Å². The van der Waals surface area contributed by atoms with Crippen LogP contribution in [0.2, 0.25) is 0 Å². The van der Waals surface area contributed by atoms with E-state index in [9.17, 15) is 4.79 Å². The van der Waals surface area contributed by atoms with Crippen LogP contribution in [0.4, 0.5) is 0 Å². The monoisotopic (exact) mass is 242 g/mol.